The summed E-state index contributed by atoms with van der Waals surface area (Å²) in [6, 6.07) is 5.39. The van der Waals surface area contributed by atoms with Crippen molar-refractivity contribution in [1.82, 2.24) is 14.5 Å². The molecule has 0 saturated carbocycles. The van der Waals surface area contributed by atoms with Crippen molar-refractivity contribution in [3.63, 3.8) is 0 Å². The molecular weight excluding hydrogens is 306 g/mol. The van der Waals surface area contributed by atoms with Crippen LogP contribution in [-0.2, 0) is 17.8 Å². The summed E-state index contributed by atoms with van der Waals surface area (Å²) in [5, 5.41) is 9.81. The van der Waals surface area contributed by atoms with Crippen LogP contribution in [0.1, 0.15) is 25.1 Å². The Morgan fingerprint density at radius 3 is 2.54 bits per heavy atom. The van der Waals surface area contributed by atoms with Gasteiger partial charge in [0.1, 0.15) is 0 Å². The van der Waals surface area contributed by atoms with Crippen molar-refractivity contribution in [2.75, 3.05) is 13.1 Å². The summed E-state index contributed by atoms with van der Waals surface area (Å²) in [6.45, 7) is 7.01. The van der Waals surface area contributed by atoms with E-state index in [1.165, 1.54) is 12.3 Å². The van der Waals surface area contributed by atoms with Gasteiger partial charge in [0.15, 0.2) is 5.75 Å². The Balaban J connectivity index is 1.86. The Morgan fingerprint density at radius 1 is 1.21 bits per heavy atom. The van der Waals surface area contributed by atoms with E-state index in [4.69, 9.17) is 4.74 Å². The lowest BCUT2D eigenvalue weighted by Gasteiger charge is -2.35. The van der Waals surface area contributed by atoms with Crippen molar-refractivity contribution in [2.24, 2.45) is 0 Å². The van der Waals surface area contributed by atoms with Crippen LogP contribution in [-0.4, -0.2) is 44.9 Å². The first kappa shape index (κ1) is 16.7. The lowest BCUT2D eigenvalue weighted by Crippen LogP contribution is -2.45. The summed E-state index contributed by atoms with van der Waals surface area (Å²) in [6.07, 6.45) is 5.34. The smallest absolute Gasteiger partial charge is 0.223 e. The quantitative estimate of drug-likeness (QED) is 0.923. The fourth-order valence-electron chi connectivity index (χ4n) is 3.21. The molecule has 3 rings (SSSR count). The fourth-order valence-corrected chi connectivity index (χ4v) is 3.21. The van der Waals surface area contributed by atoms with Gasteiger partial charge in [0.2, 0.25) is 5.43 Å². The second-order valence-electron chi connectivity index (χ2n) is 6.45. The van der Waals surface area contributed by atoms with Gasteiger partial charge < -0.3 is 14.4 Å². The summed E-state index contributed by atoms with van der Waals surface area (Å²) in [4.78, 5) is 18.2. The number of rotatable bonds is 4. The average Bonchev–Trinajstić information content (AvgIpc) is 2.52. The summed E-state index contributed by atoms with van der Waals surface area (Å²) < 4.78 is 7.69. The number of morpholine rings is 1. The lowest BCUT2D eigenvalue weighted by molar-refractivity contribution is -0.0710. The van der Waals surface area contributed by atoms with Gasteiger partial charge in [0.25, 0.3) is 0 Å². The van der Waals surface area contributed by atoms with E-state index in [1.54, 1.807) is 12.4 Å². The van der Waals surface area contributed by atoms with Gasteiger partial charge in [0, 0.05) is 50.3 Å². The van der Waals surface area contributed by atoms with Gasteiger partial charge in [-0.2, -0.15) is 0 Å². The highest BCUT2D eigenvalue weighted by molar-refractivity contribution is 5.22. The van der Waals surface area contributed by atoms with Crippen LogP contribution >= 0.6 is 0 Å². The molecule has 2 atom stereocenters. The highest BCUT2D eigenvalue weighted by atomic mass is 16.5. The zero-order chi connectivity index (χ0) is 17.1. The Bertz CT molecular complexity index is 735. The van der Waals surface area contributed by atoms with Crippen molar-refractivity contribution < 1.29 is 9.84 Å². The van der Waals surface area contributed by atoms with Crippen LogP contribution < -0.4 is 5.43 Å². The molecule has 1 aliphatic rings. The van der Waals surface area contributed by atoms with Crippen molar-refractivity contribution in [3.8, 4) is 5.75 Å². The Kier molecular flexibility index (Phi) is 4.97. The molecule has 1 aliphatic heterocycles. The molecule has 6 heteroatoms. The zero-order valence-electron chi connectivity index (χ0n) is 14.1. The molecule has 0 radical (unpaired) electrons. The minimum atomic E-state index is -0.342. The first-order valence-electron chi connectivity index (χ1n) is 8.20. The van der Waals surface area contributed by atoms with Crippen molar-refractivity contribution >= 4 is 0 Å². The number of ether oxygens (including phenoxy) is 1. The van der Waals surface area contributed by atoms with Crippen LogP contribution in [0.4, 0.5) is 0 Å². The predicted octanol–water partition coefficient (Wildman–Crippen LogP) is 1.61. The normalized spacial score (nSPS) is 21.8. The standard InChI is InChI=1S/C18H23N3O3/c1-13-8-20(9-14(2)24-13)11-16-7-17(22)18(23)12-21(16)10-15-3-5-19-6-4-15/h3-7,12-14,23H,8-11H2,1-2H3. The maximum atomic E-state index is 11.9. The van der Waals surface area contributed by atoms with Gasteiger partial charge in [-0.15, -0.1) is 0 Å². The molecule has 3 heterocycles. The summed E-state index contributed by atoms with van der Waals surface area (Å²) in [5.41, 5.74) is 1.61. The number of hydrogen-bond acceptors (Lipinski definition) is 5. The third-order valence-electron chi connectivity index (χ3n) is 4.18. The molecule has 0 aliphatic carbocycles. The number of nitrogens with zero attached hydrogens (tertiary/aromatic N) is 3. The Labute approximate surface area is 141 Å². The molecule has 6 nitrogen and oxygen atoms in total. The van der Waals surface area contributed by atoms with Crippen LogP contribution in [0, 0.1) is 0 Å². The minimum Gasteiger partial charge on any atom is -0.503 e. The van der Waals surface area contributed by atoms with E-state index in [1.807, 2.05) is 16.7 Å². The van der Waals surface area contributed by atoms with E-state index < -0.39 is 0 Å². The van der Waals surface area contributed by atoms with Gasteiger partial charge in [-0.05, 0) is 31.5 Å². The van der Waals surface area contributed by atoms with Crippen molar-refractivity contribution in [1.29, 1.82) is 0 Å². The molecular formula is C18H23N3O3. The molecule has 2 aromatic heterocycles. The second kappa shape index (κ2) is 7.15. The van der Waals surface area contributed by atoms with Gasteiger partial charge in [-0.3, -0.25) is 14.7 Å². The predicted molar refractivity (Wildman–Crippen MR) is 91.0 cm³/mol. The molecule has 0 bridgehead atoms. The van der Waals surface area contributed by atoms with Crippen LogP contribution in [0.5, 0.6) is 5.75 Å². The van der Waals surface area contributed by atoms with Crippen molar-refractivity contribution in [2.45, 2.75) is 39.1 Å². The van der Waals surface area contributed by atoms with Crippen LogP contribution in [0.25, 0.3) is 0 Å². The molecule has 1 N–H and O–H groups in total. The third kappa shape index (κ3) is 4.01. The van der Waals surface area contributed by atoms with E-state index >= 15 is 0 Å². The number of aromatic hydroxyl groups is 1. The molecule has 0 aromatic carbocycles. The molecule has 128 valence electrons. The second-order valence-corrected chi connectivity index (χ2v) is 6.45. The number of pyridine rings is 2. The molecule has 24 heavy (non-hydrogen) atoms. The molecule has 1 saturated heterocycles. The maximum absolute atomic E-state index is 11.9. The molecule has 0 amide bonds. The SMILES string of the molecule is CC1CN(Cc2cc(=O)c(O)cn2Cc2ccncc2)CC(C)O1. The third-order valence-corrected chi connectivity index (χ3v) is 4.18. The minimum absolute atomic E-state index is 0.172. The van der Waals surface area contributed by atoms with Gasteiger partial charge >= 0.3 is 0 Å². The highest BCUT2D eigenvalue weighted by Crippen LogP contribution is 2.16. The first-order chi connectivity index (χ1) is 11.5. The van der Waals surface area contributed by atoms with Crippen LogP contribution in [0.2, 0.25) is 0 Å². The Hall–Kier alpha value is -2.18. The first-order valence-corrected chi connectivity index (χ1v) is 8.20. The largest absolute Gasteiger partial charge is 0.503 e. The average molecular weight is 329 g/mol. The summed E-state index contributed by atoms with van der Waals surface area (Å²) in [7, 11) is 0. The van der Waals surface area contributed by atoms with Crippen LogP contribution in [0.15, 0.2) is 41.6 Å². The highest BCUT2D eigenvalue weighted by Gasteiger charge is 2.23. The topological polar surface area (TPSA) is 67.6 Å². The van der Waals surface area contributed by atoms with Gasteiger partial charge in [-0.25, -0.2) is 0 Å². The molecule has 1 fully saturated rings. The summed E-state index contributed by atoms with van der Waals surface area (Å²) >= 11 is 0. The van der Waals surface area contributed by atoms with E-state index in [-0.39, 0.29) is 23.4 Å². The number of hydrogen-bond donors (Lipinski definition) is 1. The fraction of sp³-hybridized carbons (Fsp3) is 0.444. The van der Waals surface area contributed by atoms with Gasteiger partial charge in [0.05, 0.1) is 18.4 Å². The molecule has 2 unspecified atom stereocenters. The van der Waals surface area contributed by atoms with Crippen LogP contribution in [0.3, 0.4) is 0 Å². The molecule has 2 aromatic rings. The Morgan fingerprint density at radius 2 is 1.88 bits per heavy atom. The number of aromatic nitrogens is 2. The van der Waals surface area contributed by atoms with E-state index in [2.05, 4.69) is 23.7 Å². The van der Waals surface area contributed by atoms with Crippen molar-refractivity contribution in [3.05, 3.63) is 58.3 Å². The molecule has 0 spiro atoms. The zero-order valence-corrected chi connectivity index (χ0v) is 14.1. The van der Waals surface area contributed by atoms with E-state index in [0.29, 0.717) is 13.1 Å². The van der Waals surface area contributed by atoms with E-state index in [0.717, 1.165) is 24.3 Å². The van der Waals surface area contributed by atoms with E-state index in [9.17, 15) is 9.90 Å². The lowest BCUT2D eigenvalue weighted by atomic mass is 10.2. The van der Waals surface area contributed by atoms with Gasteiger partial charge in [-0.1, -0.05) is 0 Å². The summed E-state index contributed by atoms with van der Waals surface area (Å²) in [5.74, 6) is -0.225. The monoisotopic (exact) mass is 329 g/mol. The maximum Gasteiger partial charge on any atom is 0.223 e.